The Balaban J connectivity index is 1.55. The van der Waals surface area contributed by atoms with E-state index in [0.717, 1.165) is 5.56 Å². The number of nitrogen functional groups attached to an aromatic ring is 1. The SMILES string of the molecule is N=C(N)c1cccc(NC(=O)c2ccccc2NC(=O)c2ccc(-c3ccccc3S)cc2F)c1. The third-order valence-corrected chi connectivity index (χ3v) is 5.67. The molecule has 0 aliphatic carbocycles. The van der Waals surface area contributed by atoms with Crippen LogP contribution in [-0.2, 0) is 0 Å². The van der Waals surface area contributed by atoms with Crippen molar-refractivity contribution in [3.05, 3.63) is 114 Å². The number of carbonyl (C=O) groups is 2. The second kappa shape index (κ2) is 10.2. The van der Waals surface area contributed by atoms with Gasteiger partial charge in [-0.15, -0.1) is 12.6 Å². The van der Waals surface area contributed by atoms with E-state index in [9.17, 15) is 14.0 Å². The summed E-state index contributed by atoms with van der Waals surface area (Å²) in [4.78, 5) is 26.5. The van der Waals surface area contributed by atoms with Crippen LogP contribution < -0.4 is 16.4 Å². The fourth-order valence-corrected chi connectivity index (χ4v) is 3.82. The quantitative estimate of drug-likeness (QED) is 0.140. The molecule has 4 rings (SSSR count). The summed E-state index contributed by atoms with van der Waals surface area (Å²) in [7, 11) is 0. The van der Waals surface area contributed by atoms with Crippen LogP contribution in [0.1, 0.15) is 26.3 Å². The van der Waals surface area contributed by atoms with Crippen molar-refractivity contribution in [2.45, 2.75) is 4.90 Å². The maximum atomic E-state index is 14.9. The number of rotatable bonds is 6. The molecule has 0 fully saturated rings. The fourth-order valence-electron chi connectivity index (χ4n) is 3.53. The molecule has 0 unspecified atom stereocenters. The van der Waals surface area contributed by atoms with Crippen LogP contribution in [0, 0.1) is 11.2 Å². The van der Waals surface area contributed by atoms with Crippen LogP contribution >= 0.6 is 12.6 Å². The van der Waals surface area contributed by atoms with Crippen molar-refractivity contribution < 1.29 is 14.0 Å². The molecule has 0 radical (unpaired) electrons. The maximum Gasteiger partial charge on any atom is 0.258 e. The van der Waals surface area contributed by atoms with Crippen LogP contribution in [0.25, 0.3) is 11.1 Å². The van der Waals surface area contributed by atoms with E-state index < -0.39 is 17.6 Å². The van der Waals surface area contributed by atoms with Gasteiger partial charge in [-0.25, -0.2) is 4.39 Å². The van der Waals surface area contributed by atoms with Crippen LogP contribution in [0.3, 0.4) is 0 Å². The highest BCUT2D eigenvalue weighted by atomic mass is 32.1. The molecule has 0 aliphatic rings. The molecule has 0 aromatic heterocycles. The lowest BCUT2D eigenvalue weighted by molar-refractivity contribution is 0.102. The van der Waals surface area contributed by atoms with Crippen LogP contribution in [0.15, 0.2) is 95.9 Å². The van der Waals surface area contributed by atoms with E-state index in [4.69, 9.17) is 11.1 Å². The number of halogens is 1. The van der Waals surface area contributed by atoms with E-state index in [0.29, 0.717) is 21.7 Å². The molecule has 0 saturated heterocycles. The molecule has 4 aromatic rings. The molecule has 0 atom stereocenters. The van der Waals surface area contributed by atoms with Crippen LogP contribution in [-0.4, -0.2) is 17.6 Å². The number of amides is 2. The van der Waals surface area contributed by atoms with Gasteiger partial charge >= 0.3 is 0 Å². The first-order valence-corrected chi connectivity index (χ1v) is 11.0. The Morgan fingerprint density at radius 3 is 2.26 bits per heavy atom. The summed E-state index contributed by atoms with van der Waals surface area (Å²) in [5, 5.41) is 12.9. The molecule has 0 aliphatic heterocycles. The lowest BCUT2D eigenvalue weighted by atomic mass is 10.0. The van der Waals surface area contributed by atoms with E-state index in [1.807, 2.05) is 18.2 Å². The van der Waals surface area contributed by atoms with Crippen molar-refractivity contribution in [2.75, 3.05) is 10.6 Å². The number of anilines is 2. The highest BCUT2D eigenvalue weighted by Crippen LogP contribution is 2.28. The molecule has 8 heteroatoms. The van der Waals surface area contributed by atoms with Gasteiger partial charge in [-0.1, -0.05) is 48.5 Å². The van der Waals surface area contributed by atoms with E-state index in [2.05, 4.69) is 23.3 Å². The van der Waals surface area contributed by atoms with Gasteiger partial charge in [0.2, 0.25) is 0 Å². The van der Waals surface area contributed by atoms with Crippen LogP contribution in [0.4, 0.5) is 15.8 Å². The Labute approximate surface area is 206 Å². The molecule has 4 aromatic carbocycles. The largest absolute Gasteiger partial charge is 0.384 e. The third-order valence-electron chi connectivity index (χ3n) is 5.28. The summed E-state index contributed by atoms with van der Waals surface area (Å²) >= 11 is 4.40. The summed E-state index contributed by atoms with van der Waals surface area (Å²) in [5.41, 5.74) is 8.01. The van der Waals surface area contributed by atoms with Gasteiger partial charge in [-0.3, -0.25) is 15.0 Å². The van der Waals surface area contributed by atoms with Gasteiger partial charge in [0.1, 0.15) is 11.7 Å². The van der Waals surface area contributed by atoms with Gasteiger partial charge < -0.3 is 16.4 Å². The minimum Gasteiger partial charge on any atom is -0.384 e. The van der Waals surface area contributed by atoms with Crippen molar-refractivity contribution in [1.82, 2.24) is 0 Å². The molecule has 0 spiro atoms. The number of hydrogen-bond donors (Lipinski definition) is 5. The van der Waals surface area contributed by atoms with Gasteiger partial charge in [-0.2, -0.15) is 0 Å². The van der Waals surface area contributed by atoms with Crippen LogP contribution in [0.2, 0.25) is 0 Å². The predicted octanol–water partition coefficient (Wildman–Crippen LogP) is 5.57. The Morgan fingerprint density at radius 2 is 1.51 bits per heavy atom. The Bertz CT molecular complexity index is 1450. The minimum absolute atomic E-state index is 0.125. The Hall–Kier alpha value is -4.43. The average molecular weight is 485 g/mol. The molecule has 35 heavy (non-hydrogen) atoms. The molecular weight excluding hydrogens is 463 g/mol. The normalized spacial score (nSPS) is 10.5. The lowest BCUT2D eigenvalue weighted by Gasteiger charge is -2.13. The fraction of sp³-hybridized carbons (Fsp3) is 0. The minimum atomic E-state index is -0.695. The standard InChI is InChI=1S/C27H21FN4O2S/c28-22-15-16(19-8-2-4-11-24(19)35)12-13-20(22)26(33)32-23-10-3-1-9-21(23)27(34)31-18-7-5-6-17(14-18)25(29)30/h1-15,35H,(H3,29,30)(H,31,34)(H,32,33). The van der Waals surface area contributed by atoms with Gasteiger partial charge in [-0.05, 0) is 53.6 Å². The molecule has 5 N–H and O–H groups in total. The zero-order chi connectivity index (χ0) is 24.9. The van der Waals surface area contributed by atoms with Crippen molar-refractivity contribution in [3.8, 4) is 11.1 Å². The Morgan fingerprint density at radius 1 is 0.800 bits per heavy atom. The summed E-state index contributed by atoms with van der Waals surface area (Å²) in [6, 6.07) is 24.6. The molecule has 0 bridgehead atoms. The number of carbonyl (C=O) groups excluding carboxylic acids is 2. The number of thiol groups is 1. The lowest BCUT2D eigenvalue weighted by Crippen LogP contribution is -2.19. The maximum absolute atomic E-state index is 14.9. The first-order valence-electron chi connectivity index (χ1n) is 10.6. The number of nitrogens with one attached hydrogen (secondary N) is 3. The summed E-state index contributed by atoms with van der Waals surface area (Å²) < 4.78 is 14.9. The first-order chi connectivity index (χ1) is 16.8. The zero-order valence-electron chi connectivity index (χ0n) is 18.4. The van der Waals surface area contributed by atoms with E-state index in [-0.39, 0.29) is 22.6 Å². The number of amidine groups is 1. The molecular formula is C27H21FN4O2S. The van der Waals surface area contributed by atoms with E-state index in [1.54, 1.807) is 60.7 Å². The molecule has 0 saturated carbocycles. The number of hydrogen-bond acceptors (Lipinski definition) is 4. The topological polar surface area (TPSA) is 108 Å². The zero-order valence-corrected chi connectivity index (χ0v) is 19.3. The van der Waals surface area contributed by atoms with E-state index in [1.165, 1.54) is 12.1 Å². The smallest absolute Gasteiger partial charge is 0.258 e. The highest BCUT2D eigenvalue weighted by molar-refractivity contribution is 7.80. The molecule has 0 heterocycles. The summed E-state index contributed by atoms with van der Waals surface area (Å²) in [6.45, 7) is 0. The van der Waals surface area contributed by atoms with Gasteiger partial charge in [0.15, 0.2) is 0 Å². The van der Waals surface area contributed by atoms with E-state index >= 15 is 0 Å². The monoisotopic (exact) mass is 484 g/mol. The summed E-state index contributed by atoms with van der Waals surface area (Å²) in [6.07, 6.45) is 0. The highest BCUT2D eigenvalue weighted by Gasteiger charge is 2.18. The third kappa shape index (κ3) is 5.39. The summed E-state index contributed by atoms with van der Waals surface area (Å²) in [5.74, 6) is -1.99. The van der Waals surface area contributed by atoms with Gasteiger partial charge in [0.25, 0.3) is 11.8 Å². The molecule has 2 amide bonds. The Kier molecular flexibility index (Phi) is 6.93. The molecule has 174 valence electrons. The predicted molar refractivity (Wildman–Crippen MR) is 139 cm³/mol. The second-order valence-electron chi connectivity index (χ2n) is 7.66. The number of nitrogens with two attached hydrogens (primary N) is 1. The first kappa shape index (κ1) is 23.7. The van der Waals surface area contributed by atoms with Crippen molar-refractivity contribution >= 4 is 41.7 Å². The van der Waals surface area contributed by atoms with Crippen molar-refractivity contribution in [1.29, 1.82) is 5.41 Å². The number of benzene rings is 4. The number of para-hydroxylation sites is 1. The van der Waals surface area contributed by atoms with Gasteiger partial charge in [0, 0.05) is 16.1 Å². The van der Waals surface area contributed by atoms with Crippen molar-refractivity contribution in [2.24, 2.45) is 5.73 Å². The molecule has 6 nitrogen and oxygen atoms in total. The van der Waals surface area contributed by atoms with Crippen molar-refractivity contribution in [3.63, 3.8) is 0 Å². The average Bonchev–Trinajstić information content (AvgIpc) is 2.84. The second-order valence-corrected chi connectivity index (χ2v) is 8.14. The van der Waals surface area contributed by atoms with Gasteiger partial charge in [0.05, 0.1) is 16.8 Å². The van der Waals surface area contributed by atoms with Crippen LogP contribution in [0.5, 0.6) is 0 Å².